The van der Waals surface area contributed by atoms with Gasteiger partial charge >= 0.3 is 8.56 Å². The third-order valence-corrected chi connectivity index (χ3v) is 6.33. The zero-order valence-corrected chi connectivity index (χ0v) is 12.9. The van der Waals surface area contributed by atoms with Gasteiger partial charge in [0.1, 0.15) is 0 Å². The minimum atomic E-state index is -2.08. The van der Waals surface area contributed by atoms with Crippen molar-refractivity contribution in [2.45, 2.75) is 65.2 Å². The fourth-order valence-corrected chi connectivity index (χ4v) is 3.98. The van der Waals surface area contributed by atoms with Crippen molar-refractivity contribution in [1.29, 1.82) is 0 Å². The molecule has 17 heavy (non-hydrogen) atoms. The monoisotopic (exact) mass is 262 g/mol. The van der Waals surface area contributed by atoms with E-state index in [0.29, 0.717) is 13.2 Å². The van der Waals surface area contributed by atoms with Crippen molar-refractivity contribution < 1.29 is 18.3 Å². The average molecular weight is 262 g/mol. The number of ether oxygens (including phenoxy) is 2. The topological polar surface area (TPSA) is 36.9 Å². The molecule has 0 N–H and O–H groups in total. The second kappa shape index (κ2) is 5.80. The zero-order chi connectivity index (χ0) is 13.1. The highest BCUT2D eigenvalue weighted by molar-refractivity contribution is 6.65. The second-order valence-corrected chi connectivity index (χ2v) is 8.43. The van der Waals surface area contributed by atoms with Crippen LogP contribution in [0.3, 0.4) is 0 Å². The number of rotatable bonds is 6. The Hall–Kier alpha value is 0.0569. The van der Waals surface area contributed by atoms with Crippen molar-refractivity contribution in [2.75, 3.05) is 13.2 Å². The zero-order valence-electron chi connectivity index (χ0n) is 11.9. The summed E-state index contributed by atoms with van der Waals surface area (Å²) in [4.78, 5) is 0. The minimum absolute atomic E-state index is 0.115. The first-order valence-corrected chi connectivity index (χ1v) is 9.01. The van der Waals surface area contributed by atoms with E-state index in [1.54, 1.807) is 0 Å². The lowest BCUT2D eigenvalue weighted by molar-refractivity contribution is -0.207. The molecule has 1 rings (SSSR count). The van der Waals surface area contributed by atoms with Gasteiger partial charge in [-0.15, -0.1) is 0 Å². The molecule has 1 aliphatic heterocycles. The predicted molar refractivity (Wildman–Crippen MR) is 69.2 cm³/mol. The van der Waals surface area contributed by atoms with Crippen LogP contribution in [0.5, 0.6) is 0 Å². The Labute approximate surface area is 106 Å². The van der Waals surface area contributed by atoms with Gasteiger partial charge in [-0.3, -0.25) is 0 Å². The van der Waals surface area contributed by atoms with Crippen molar-refractivity contribution in [3.63, 3.8) is 0 Å². The average Bonchev–Trinajstić information content (AvgIpc) is 2.60. The van der Waals surface area contributed by atoms with E-state index in [4.69, 9.17) is 18.3 Å². The standard InChI is InChI=1S/C12H26O4Si/c1-7-14-17(6,8-2)16-11(4)12(5)13-9-10(3)15-12/h10-11H,7-9H2,1-6H3. The van der Waals surface area contributed by atoms with Crippen LogP contribution in [-0.4, -0.2) is 39.8 Å². The van der Waals surface area contributed by atoms with Crippen LogP contribution in [0.4, 0.5) is 0 Å². The highest BCUT2D eigenvalue weighted by Crippen LogP contribution is 2.31. The van der Waals surface area contributed by atoms with Gasteiger partial charge in [-0.25, -0.2) is 0 Å². The number of hydrogen-bond acceptors (Lipinski definition) is 4. The molecule has 0 aliphatic carbocycles. The van der Waals surface area contributed by atoms with Crippen LogP contribution >= 0.6 is 0 Å². The van der Waals surface area contributed by atoms with Crippen LogP contribution in [0.1, 0.15) is 34.6 Å². The van der Waals surface area contributed by atoms with Gasteiger partial charge in [-0.2, -0.15) is 0 Å². The summed E-state index contributed by atoms with van der Waals surface area (Å²) in [5, 5.41) is 0. The summed E-state index contributed by atoms with van der Waals surface area (Å²) in [6.45, 7) is 13.5. The van der Waals surface area contributed by atoms with Crippen molar-refractivity contribution in [2.24, 2.45) is 0 Å². The van der Waals surface area contributed by atoms with Gasteiger partial charge in [0, 0.05) is 6.61 Å². The van der Waals surface area contributed by atoms with E-state index in [2.05, 4.69) is 13.5 Å². The maximum absolute atomic E-state index is 6.13. The molecule has 4 unspecified atom stereocenters. The second-order valence-electron chi connectivity index (χ2n) is 4.94. The molecule has 5 heteroatoms. The summed E-state index contributed by atoms with van der Waals surface area (Å²) in [7, 11) is -2.08. The van der Waals surface area contributed by atoms with E-state index in [0.717, 1.165) is 6.04 Å². The van der Waals surface area contributed by atoms with Gasteiger partial charge in [-0.1, -0.05) is 6.92 Å². The van der Waals surface area contributed by atoms with E-state index < -0.39 is 14.3 Å². The maximum Gasteiger partial charge on any atom is 0.335 e. The lowest BCUT2D eigenvalue weighted by atomic mass is 10.2. The maximum atomic E-state index is 6.13. The summed E-state index contributed by atoms with van der Waals surface area (Å²) < 4.78 is 23.4. The van der Waals surface area contributed by atoms with E-state index in [1.165, 1.54) is 0 Å². The minimum Gasteiger partial charge on any atom is -0.395 e. The molecule has 0 aromatic rings. The Kier molecular flexibility index (Phi) is 5.16. The molecule has 1 saturated heterocycles. The molecule has 4 nitrogen and oxygen atoms in total. The summed E-state index contributed by atoms with van der Waals surface area (Å²) in [6.07, 6.45) is 0.0170. The molecule has 0 spiro atoms. The molecule has 0 amide bonds. The molecule has 0 aromatic carbocycles. The molecule has 1 fully saturated rings. The summed E-state index contributed by atoms with van der Waals surface area (Å²) in [5.74, 6) is -0.639. The van der Waals surface area contributed by atoms with Crippen LogP contribution in [0.25, 0.3) is 0 Å². The van der Waals surface area contributed by atoms with Crippen LogP contribution in [0.2, 0.25) is 12.6 Å². The quantitative estimate of drug-likeness (QED) is 0.690. The van der Waals surface area contributed by atoms with Gasteiger partial charge in [-0.05, 0) is 40.3 Å². The summed E-state index contributed by atoms with van der Waals surface area (Å²) in [6, 6.07) is 0.927. The third-order valence-electron chi connectivity index (χ3n) is 3.30. The first-order chi connectivity index (χ1) is 7.85. The third kappa shape index (κ3) is 3.76. The van der Waals surface area contributed by atoms with Crippen molar-refractivity contribution in [3.8, 4) is 0 Å². The van der Waals surface area contributed by atoms with Crippen molar-refractivity contribution in [1.82, 2.24) is 0 Å². The predicted octanol–water partition coefficient (Wildman–Crippen LogP) is 2.67. The highest BCUT2D eigenvalue weighted by Gasteiger charge is 2.44. The fourth-order valence-electron chi connectivity index (χ4n) is 1.97. The SMILES string of the molecule is CCO[Si](C)(CC)OC(C)C1(C)OCC(C)O1. The van der Waals surface area contributed by atoms with E-state index in [-0.39, 0.29) is 12.2 Å². The van der Waals surface area contributed by atoms with Gasteiger partial charge < -0.3 is 18.3 Å². The van der Waals surface area contributed by atoms with Crippen LogP contribution in [0.15, 0.2) is 0 Å². The molecule has 4 atom stereocenters. The Morgan fingerprint density at radius 3 is 2.53 bits per heavy atom. The molecular weight excluding hydrogens is 236 g/mol. The smallest absolute Gasteiger partial charge is 0.335 e. The Morgan fingerprint density at radius 1 is 1.47 bits per heavy atom. The fraction of sp³-hybridized carbons (Fsp3) is 1.00. The molecule has 1 aliphatic rings. The van der Waals surface area contributed by atoms with Crippen LogP contribution < -0.4 is 0 Å². The molecule has 102 valence electrons. The Bertz CT molecular complexity index is 251. The van der Waals surface area contributed by atoms with Gasteiger partial charge in [0.2, 0.25) is 0 Å². The van der Waals surface area contributed by atoms with Gasteiger partial charge in [0.15, 0.2) is 5.79 Å². The van der Waals surface area contributed by atoms with Crippen molar-refractivity contribution in [3.05, 3.63) is 0 Å². The summed E-state index contributed by atoms with van der Waals surface area (Å²) >= 11 is 0. The Balaban J connectivity index is 2.61. The first kappa shape index (κ1) is 15.1. The van der Waals surface area contributed by atoms with E-state index in [1.807, 2.05) is 27.7 Å². The highest BCUT2D eigenvalue weighted by atomic mass is 28.4. The summed E-state index contributed by atoms with van der Waals surface area (Å²) in [5.41, 5.74) is 0. The first-order valence-electron chi connectivity index (χ1n) is 6.48. The van der Waals surface area contributed by atoms with Gasteiger partial charge in [0.05, 0.1) is 18.8 Å². The lowest BCUT2D eigenvalue weighted by Crippen LogP contribution is -2.49. The molecular formula is C12H26O4Si. The lowest BCUT2D eigenvalue weighted by Gasteiger charge is -2.36. The molecule has 0 bridgehead atoms. The molecule has 0 radical (unpaired) electrons. The molecule has 1 heterocycles. The van der Waals surface area contributed by atoms with Crippen molar-refractivity contribution >= 4 is 8.56 Å². The number of hydrogen-bond donors (Lipinski definition) is 0. The Morgan fingerprint density at radius 2 is 2.12 bits per heavy atom. The largest absolute Gasteiger partial charge is 0.395 e. The normalized spacial score (nSPS) is 34.6. The van der Waals surface area contributed by atoms with E-state index >= 15 is 0 Å². The van der Waals surface area contributed by atoms with Crippen LogP contribution in [0, 0.1) is 0 Å². The van der Waals surface area contributed by atoms with Crippen LogP contribution in [-0.2, 0) is 18.3 Å². The van der Waals surface area contributed by atoms with Gasteiger partial charge in [0.25, 0.3) is 0 Å². The van der Waals surface area contributed by atoms with E-state index in [9.17, 15) is 0 Å². The molecule has 0 saturated carbocycles. The molecule has 0 aromatic heterocycles.